The van der Waals surface area contributed by atoms with E-state index in [9.17, 15) is 29.1 Å². The Morgan fingerprint density at radius 3 is 2.23 bits per heavy atom. The molecule has 2 aromatic heterocycles. The second kappa shape index (κ2) is 28.0. The van der Waals surface area contributed by atoms with Crippen LogP contribution in [0.4, 0.5) is 16.7 Å². The lowest BCUT2D eigenvalue weighted by Crippen LogP contribution is -2.45. The number of phenols is 1. The highest BCUT2D eigenvalue weighted by atomic mass is 79.9. The van der Waals surface area contributed by atoms with Gasteiger partial charge in [0, 0.05) is 83.9 Å². The van der Waals surface area contributed by atoms with Crippen molar-refractivity contribution in [1.82, 2.24) is 46.1 Å². The number of piperazine rings is 1. The maximum Gasteiger partial charge on any atom is 0.407 e. The number of halogens is 1. The molecule has 0 saturated carbocycles. The summed E-state index contributed by atoms with van der Waals surface area (Å²) in [5.41, 5.74) is 6.30. The first-order valence-corrected chi connectivity index (χ1v) is 22.5. The number of fused-ring (bicyclic) bond motifs is 1. The number of hydrogen-bond acceptors (Lipinski definition) is 16. The van der Waals surface area contributed by atoms with Crippen molar-refractivity contribution in [2.45, 2.75) is 63.9 Å². The smallest absolute Gasteiger partial charge is 0.407 e. The van der Waals surface area contributed by atoms with E-state index < -0.39 is 18.1 Å². The number of aromatic nitrogens is 4. The number of amides is 5. The zero-order valence-corrected chi connectivity index (χ0v) is 38.7. The second-order valence-electron chi connectivity index (χ2n) is 15.3. The monoisotopic (exact) mass is 968 g/mol. The number of hydrogen-bond donors (Lipinski definition) is 6. The molecule has 0 radical (unpaired) electrons. The normalized spacial score (nSPS) is 13.0. The van der Waals surface area contributed by atoms with E-state index in [0.29, 0.717) is 73.2 Å². The molecule has 1 aliphatic heterocycles. The maximum absolute atomic E-state index is 12.8. The van der Waals surface area contributed by atoms with Gasteiger partial charge in [0.1, 0.15) is 18.5 Å². The van der Waals surface area contributed by atoms with Gasteiger partial charge in [-0.2, -0.15) is 15.0 Å². The number of terminal acetylenes is 1. The van der Waals surface area contributed by atoms with Crippen LogP contribution in [0.15, 0.2) is 28.7 Å². The molecule has 0 bridgehead atoms. The van der Waals surface area contributed by atoms with Gasteiger partial charge in [-0.25, -0.2) is 9.78 Å². The number of carbonyl (C=O) groups excluding carboxylic acids is 5. The van der Waals surface area contributed by atoms with Crippen LogP contribution >= 0.6 is 15.9 Å². The van der Waals surface area contributed by atoms with Crippen LogP contribution in [-0.4, -0.2) is 152 Å². The average Bonchev–Trinajstić information content (AvgIpc) is 3.28. The number of unbranched alkanes of at least 4 members (excludes halogenated alkanes) is 3. The van der Waals surface area contributed by atoms with Gasteiger partial charge in [-0.15, -0.1) is 6.42 Å². The van der Waals surface area contributed by atoms with Crippen LogP contribution in [0.2, 0.25) is 0 Å². The molecule has 354 valence electrons. The van der Waals surface area contributed by atoms with Crippen molar-refractivity contribution in [3.05, 3.63) is 34.4 Å². The van der Waals surface area contributed by atoms with Crippen LogP contribution in [-0.2, 0) is 28.7 Å². The quantitative estimate of drug-likeness (QED) is 0.0448. The number of aromatic hydroxyl groups is 1. The van der Waals surface area contributed by atoms with Crippen molar-refractivity contribution in [3.8, 4) is 24.1 Å². The Bertz CT molecular complexity index is 2080. The van der Waals surface area contributed by atoms with Crippen LogP contribution < -0.4 is 41.5 Å². The summed E-state index contributed by atoms with van der Waals surface area (Å²) in [6.45, 7) is 4.71. The van der Waals surface area contributed by atoms with Crippen LogP contribution in [0.3, 0.4) is 0 Å². The topological polar surface area (TPSA) is 269 Å². The summed E-state index contributed by atoms with van der Waals surface area (Å²) >= 11 is 3.38. The Labute approximate surface area is 387 Å². The summed E-state index contributed by atoms with van der Waals surface area (Å²) in [6, 6.07) is 6.91. The van der Waals surface area contributed by atoms with Gasteiger partial charge in [-0.05, 0) is 66.9 Å². The number of likely N-dealkylation sites (N-methyl/N-ethyl adjacent to an activating group) is 2. The van der Waals surface area contributed by atoms with Crippen LogP contribution in [0, 0.1) is 12.3 Å². The van der Waals surface area contributed by atoms with E-state index in [2.05, 4.69) is 68.0 Å². The fraction of sp³-hybridized carbons (Fsp3) is 0.558. The van der Waals surface area contributed by atoms with Gasteiger partial charge in [0.15, 0.2) is 0 Å². The number of primary amides is 1. The number of benzene rings is 1. The largest absolute Gasteiger partial charge is 0.507 e. The number of pyridine rings is 1. The molecule has 65 heavy (non-hydrogen) atoms. The Morgan fingerprint density at radius 1 is 0.846 bits per heavy atom. The van der Waals surface area contributed by atoms with Crippen molar-refractivity contribution in [2.24, 2.45) is 5.73 Å². The summed E-state index contributed by atoms with van der Waals surface area (Å²) in [7, 11) is 3.71. The van der Waals surface area contributed by atoms with Crippen molar-refractivity contribution >= 4 is 68.5 Å². The molecule has 22 heteroatoms. The third-order valence-corrected chi connectivity index (χ3v) is 10.8. The Hall–Kier alpha value is -6.05. The molecular formula is C43H61BrN12O9. The summed E-state index contributed by atoms with van der Waals surface area (Å²) in [4.78, 5) is 84.9. The Kier molecular flexibility index (Phi) is 22.2. The van der Waals surface area contributed by atoms with Crippen molar-refractivity contribution in [3.63, 3.8) is 0 Å². The molecule has 1 atom stereocenters. The summed E-state index contributed by atoms with van der Waals surface area (Å²) < 4.78 is 17.5. The number of nitrogens with two attached hydrogens (primary N) is 1. The third-order valence-electron chi connectivity index (χ3n) is 10.0. The van der Waals surface area contributed by atoms with E-state index in [0.717, 1.165) is 31.6 Å². The van der Waals surface area contributed by atoms with Gasteiger partial charge in [0.05, 0.1) is 42.0 Å². The first kappa shape index (κ1) is 51.6. The van der Waals surface area contributed by atoms with E-state index in [1.165, 1.54) is 4.90 Å². The molecule has 7 N–H and O–H groups in total. The highest BCUT2D eigenvalue weighted by Gasteiger charge is 2.22. The van der Waals surface area contributed by atoms with Gasteiger partial charge >= 0.3 is 12.1 Å². The zero-order chi connectivity index (χ0) is 47.0. The van der Waals surface area contributed by atoms with Gasteiger partial charge in [0.2, 0.25) is 35.5 Å². The van der Waals surface area contributed by atoms with Gasteiger partial charge in [-0.1, -0.05) is 18.4 Å². The molecule has 0 aliphatic carbocycles. The maximum atomic E-state index is 12.8. The Balaban J connectivity index is 1.12. The van der Waals surface area contributed by atoms with Crippen LogP contribution in [0.5, 0.6) is 11.8 Å². The number of nitrogens with one attached hydrogen (secondary N) is 4. The molecule has 1 saturated heterocycles. The molecule has 0 spiro atoms. The number of ether oxygens (including phenoxy) is 3. The third kappa shape index (κ3) is 18.9. The highest BCUT2D eigenvalue weighted by molar-refractivity contribution is 9.10. The predicted octanol–water partition coefficient (Wildman–Crippen LogP) is 1.92. The standard InChI is InChI=1S/C43H61BrN12O9/c1-4-18-46-35(59)10-6-5-9-19-49-43(62)65-33(31-15-13-30-14-16-32(57)38(44)39(30)50-31)17-20-47-36(60)11-7-8-12-37(61)48-21-26-63-27-28-64-42-52-40(55(3)29-34(45)58)51-41(53-42)56-24-22-54(2)23-25-56/h1,13-16,33,57H,5-12,17-29H2,2-3H3,(H2,45,58)(H,46,59)(H,47,60)(H,48,61)(H,49,62). The predicted molar refractivity (Wildman–Crippen MR) is 246 cm³/mol. The van der Waals surface area contributed by atoms with Crippen LogP contribution in [0.1, 0.15) is 69.6 Å². The molecule has 1 fully saturated rings. The average molecular weight is 970 g/mol. The fourth-order valence-electron chi connectivity index (χ4n) is 6.46. The molecular weight excluding hydrogens is 908 g/mol. The van der Waals surface area contributed by atoms with Crippen molar-refractivity contribution in [2.75, 3.05) is 103 Å². The Morgan fingerprint density at radius 2 is 1.52 bits per heavy atom. The lowest BCUT2D eigenvalue weighted by atomic mass is 10.1. The number of nitrogens with zero attached hydrogens (tertiary/aromatic N) is 7. The van der Waals surface area contributed by atoms with E-state index >= 15 is 0 Å². The molecule has 3 aromatic rings. The first-order valence-electron chi connectivity index (χ1n) is 21.7. The van der Waals surface area contributed by atoms with Crippen LogP contribution in [0.25, 0.3) is 10.9 Å². The minimum absolute atomic E-state index is 0.0140. The summed E-state index contributed by atoms with van der Waals surface area (Å²) in [5.74, 6) is 2.07. The second-order valence-corrected chi connectivity index (χ2v) is 16.1. The van der Waals surface area contributed by atoms with Gasteiger partial charge in [-0.3, -0.25) is 19.2 Å². The fourth-order valence-corrected chi connectivity index (χ4v) is 6.91. The number of alkyl carbamates (subject to hydrolysis) is 1. The SMILES string of the molecule is C#CCNC(=O)CCCCCNC(=O)OC(CCNC(=O)CCCCC(=O)NCCOCCOc1nc(N(C)CC(N)=O)nc(N2CCN(C)CC2)n1)c1ccc2ccc(O)c(Br)c2n1. The first-order chi connectivity index (χ1) is 31.3. The van der Waals surface area contributed by atoms with E-state index in [1.807, 2.05) is 18.0 Å². The van der Waals surface area contributed by atoms with E-state index in [-0.39, 0.29) is 94.1 Å². The summed E-state index contributed by atoms with van der Waals surface area (Å²) in [6.07, 6.45) is 7.68. The number of anilines is 2. The molecule has 21 nitrogen and oxygen atoms in total. The molecule has 5 amide bonds. The van der Waals surface area contributed by atoms with Crippen molar-refractivity contribution in [1.29, 1.82) is 0 Å². The lowest BCUT2D eigenvalue weighted by Gasteiger charge is -2.32. The molecule has 1 unspecified atom stereocenters. The summed E-state index contributed by atoms with van der Waals surface area (Å²) in [5, 5.41) is 22.0. The minimum Gasteiger partial charge on any atom is -0.507 e. The van der Waals surface area contributed by atoms with Gasteiger partial charge < -0.3 is 61.0 Å². The lowest BCUT2D eigenvalue weighted by molar-refractivity contribution is -0.123. The minimum atomic E-state index is -0.819. The number of phenolic OH excluding ortho intramolecular Hbond substituents is 1. The van der Waals surface area contributed by atoms with E-state index in [1.54, 1.807) is 25.2 Å². The molecule has 1 aliphatic rings. The van der Waals surface area contributed by atoms with E-state index in [4.69, 9.17) is 26.4 Å². The van der Waals surface area contributed by atoms with Gasteiger partial charge in [0.25, 0.3) is 0 Å². The molecule has 1 aromatic carbocycles. The molecule has 4 rings (SSSR count). The highest BCUT2D eigenvalue weighted by Crippen LogP contribution is 2.32. The number of rotatable bonds is 28. The molecule has 3 heterocycles. The van der Waals surface area contributed by atoms with Crippen molar-refractivity contribution < 1.29 is 43.3 Å². The zero-order valence-electron chi connectivity index (χ0n) is 37.1. The number of carbonyl (C=O) groups is 5.